The Balaban J connectivity index is 2.13. The van der Waals surface area contributed by atoms with Crippen molar-refractivity contribution < 1.29 is 18.3 Å². The van der Waals surface area contributed by atoms with E-state index in [9.17, 15) is 8.42 Å². The lowest BCUT2D eigenvalue weighted by atomic mass is 10.1. The molecule has 6 heteroatoms. The van der Waals surface area contributed by atoms with Crippen LogP contribution in [-0.2, 0) is 21.4 Å². The lowest BCUT2D eigenvalue weighted by Crippen LogP contribution is -2.29. The molecule has 1 N–H and O–H groups in total. The molecule has 0 spiro atoms. The fourth-order valence-electron chi connectivity index (χ4n) is 2.30. The summed E-state index contributed by atoms with van der Waals surface area (Å²) in [6, 6.07) is 6.36. The fourth-order valence-corrected chi connectivity index (χ4v) is 3.83. The summed E-state index contributed by atoms with van der Waals surface area (Å²) in [4.78, 5) is 0.280. The molecule has 1 aliphatic heterocycles. The Morgan fingerprint density at radius 2 is 2.05 bits per heavy atom. The standard InChI is InChI=1S/C13H19NO4S/c1-18-10-12-6-7-14(8-12)19(16,17)13-4-2-11(9-15)3-5-13/h2-5,12,15H,6-10H2,1H3. The zero-order valence-corrected chi connectivity index (χ0v) is 11.8. The van der Waals surface area contributed by atoms with Crippen molar-refractivity contribution in [1.82, 2.24) is 4.31 Å². The first-order chi connectivity index (χ1) is 9.07. The van der Waals surface area contributed by atoms with Gasteiger partial charge in [-0.3, -0.25) is 0 Å². The Morgan fingerprint density at radius 1 is 1.37 bits per heavy atom. The molecular weight excluding hydrogens is 266 g/mol. The molecule has 1 fully saturated rings. The number of rotatable bonds is 5. The summed E-state index contributed by atoms with van der Waals surface area (Å²) in [6.45, 7) is 1.56. The normalized spacial score (nSPS) is 20.8. The summed E-state index contributed by atoms with van der Waals surface area (Å²) in [5.74, 6) is 0.275. The van der Waals surface area contributed by atoms with Crippen LogP contribution in [0.15, 0.2) is 29.2 Å². The SMILES string of the molecule is COCC1CCN(S(=O)(=O)c2ccc(CO)cc2)C1. The fraction of sp³-hybridized carbons (Fsp3) is 0.538. The number of hydrogen-bond acceptors (Lipinski definition) is 4. The topological polar surface area (TPSA) is 66.8 Å². The van der Waals surface area contributed by atoms with Crippen LogP contribution in [0.2, 0.25) is 0 Å². The Hall–Kier alpha value is -0.950. The maximum atomic E-state index is 12.4. The molecule has 1 atom stereocenters. The van der Waals surface area contributed by atoms with Gasteiger partial charge in [-0.15, -0.1) is 0 Å². The number of sulfonamides is 1. The number of aliphatic hydroxyl groups is 1. The van der Waals surface area contributed by atoms with Gasteiger partial charge in [0.25, 0.3) is 0 Å². The van der Waals surface area contributed by atoms with Crippen LogP contribution in [0.3, 0.4) is 0 Å². The molecule has 0 aliphatic carbocycles. The lowest BCUT2D eigenvalue weighted by Gasteiger charge is -2.16. The van der Waals surface area contributed by atoms with E-state index in [0.29, 0.717) is 25.3 Å². The zero-order valence-electron chi connectivity index (χ0n) is 10.9. The number of methoxy groups -OCH3 is 1. The van der Waals surface area contributed by atoms with Crippen LogP contribution in [-0.4, -0.2) is 44.6 Å². The second-order valence-corrected chi connectivity index (χ2v) is 6.71. The third-order valence-corrected chi connectivity index (χ3v) is 5.27. The monoisotopic (exact) mass is 285 g/mol. The largest absolute Gasteiger partial charge is 0.392 e. The molecule has 1 aromatic rings. The van der Waals surface area contributed by atoms with Crippen molar-refractivity contribution in [1.29, 1.82) is 0 Å². The highest BCUT2D eigenvalue weighted by Crippen LogP contribution is 2.24. The van der Waals surface area contributed by atoms with E-state index in [4.69, 9.17) is 9.84 Å². The van der Waals surface area contributed by atoms with E-state index < -0.39 is 10.0 Å². The van der Waals surface area contributed by atoms with Gasteiger partial charge in [0.15, 0.2) is 0 Å². The molecule has 0 amide bonds. The van der Waals surface area contributed by atoms with Crippen LogP contribution in [0.1, 0.15) is 12.0 Å². The molecule has 19 heavy (non-hydrogen) atoms. The number of hydrogen-bond donors (Lipinski definition) is 1. The minimum Gasteiger partial charge on any atom is -0.392 e. The molecule has 1 aromatic carbocycles. The van der Waals surface area contributed by atoms with Crippen molar-refractivity contribution in [3.05, 3.63) is 29.8 Å². The molecule has 0 radical (unpaired) electrons. The second kappa shape index (κ2) is 6.00. The van der Waals surface area contributed by atoms with Crippen LogP contribution in [0.4, 0.5) is 0 Å². The molecule has 1 unspecified atom stereocenters. The molecule has 106 valence electrons. The minimum atomic E-state index is -3.42. The third-order valence-electron chi connectivity index (χ3n) is 3.39. The molecule has 1 aliphatic rings. The smallest absolute Gasteiger partial charge is 0.243 e. The van der Waals surface area contributed by atoms with Crippen molar-refractivity contribution in [3.63, 3.8) is 0 Å². The minimum absolute atomic E-state index is 0.0834. The number of ether oxygens (including phenoxy) is 1. The Bertz CT molecular complexity index is 512. The summed E-state index contributed by atoms with van der Waals surface area (Å²) >= 11 is 0. The van der Waals surface area contributed by atoms with Crippen LogP contribution in [0.5, 0.6) is 0 Å². The predicted molar refractivity (Wildman–Crippen MR) is 71.1 cm³/mol. The molecule has 5 nitrogen and oxygen atoms in total. The molecular formula is C13H19NO4S. The molecule has 2 rings (SSSR count). The average molecular weight is 285 g/mol. The summed E-state index contributed by atoms with van der Waals surface area (Å²) < 4.78 is 31.4. The van der Waals surface area contributed by atoms with Gasteiger partial charge in [0, 0.05) is 20.2 Å². The van der Waals surface area contributed by atoms with Gasteiger partial charge >= 0.3 is 0 Å². The van der Waals surface area contributed by atoms with Gasteiger partial charge in [-0.05, 0) is 30.0 Å². The second-order valence-electron chi connectivity index (χ2n) is 4.78. The van der Waals surface area contributed by atoms with Gasteiger partial charge < -0.3 is 9.84 Å². The molecule has 0 bridgehead atoms. The maximum absolute atomic E-state index is 12.4. The highest BCUT2D eigenvalue weighted by atomic mass is 32.2. The van der Waals surface area contributed by atoms with Crippen molar-refractivity contribution in [2.24, 2.45) is 5.92 Å². The number of benzene rings is 1. The Kier molecular flexibility index (Phi) is 4.57. The van der Waals surface area contributed by atoms with Crippen LogP contribution in [0.25, 0.3) is 0 Å². The maximum Gasteiger partial charge on any atom is 0.243 e. The molecule has 1 saturated heterocycles. The van der Waals surface area contributed by atoms with Gasteiger partial charge in [-0.2, -0.15) is 4.31 Å². The van der Waals surface area contributed by atoms with Crippen molar-refractivity contribution in [2.45, 2.75) is 17.9 Å². The first-order valence-corrected chi connectivity index (χ1v) is 7.71. The summed E-state index contributed by atoms with van der Waals surface area (Å²) in [7, 11) is -1.79. The van der Waals surface area contributed by atoms with Crippen molar-refractivity contribution in [3.8, 4) is 0 Å². The number of nitrogens with zero attached hydrogens (tertiary/aromatic N) is 1. The van der Waals surface area contributed by atoms with Gasteiger partial charge in [0.05, 0.1) is 18.1 Å². The van der Waals surface area contributed by atoms with Gasteiger partial charge in [-0.25, -0.2) is 8.42 Å². The summed E-state index contributed by atoms with van der Waals surface area (Å²) in [5, 5.41) is 8.96. The quantitative estimate of drug-likeness (QED) is 0.870. The first-order valence-electron chi connectivity index (χ1n) is 6.27. The van der Waals surface area contributed by atoms with Gasteiger partial charge in [0.1, 0.15) is 0 Å². The van der Waals surface area contributed by atoms with E-state index in [1.807, 2.05) is 0 Å². The summed E-state index contributed by atoms with van der Waals surface area (Å²) in [6.07, 6.45) is 0.835. The van der Waals surface area contributed by atoms with Gasteiger partial charge in [-0.1, -0.05) is 12.1 Å². The van der Waals surface area contributed by atoms with Crippen LogP contribution in [0, 0.1) is 5.92 Å². The summed E-state index contributed by atoms with van der Waals surface area (Å²) in [5.41, 5.74) is 0.706. The van der Waals surface area contributed by atoms with Crippen LogP contribution >= 0.6 is 0 Å². The van der Waals surface area contributed by atoms with Crippen LogP contribution < -0.4 is 0 Å². The first kappa shape index (κ1) is 14.5. The van der Waals surface area contributed by atoms with Gasteiger partial charge in [0.2, 0.25) is 10.0 Å². The van der Waals surface area contributed by atoms with Crippen molar-refractivity contribution >= 4 is 10.0 Å². The zero-order chi connectivity index (χ0) is 13.9. The van der Waals surface area contributed by atoms with E-state index in [2.05, 4.69) is 0 Å². The highest BCUT2D eigenvalue weighted by molar-refractivity contribution is 7.89. The number of aliphatic hydroxyl groups excluding tert-OH is 1. The average Bonchev–Trinajstić information content (AvgIpc) is 2.89. The Morgan fingerprint density at radius 3 is 2.63 bits per heavy atom. The van der Waals surface area contributed by atoms with E-state index >= 15 is 0 Å². The highest BCUT2D eigenvalue weighted by Gasteiger charge is 2.32. The third kappa shape index (κ3) is 3.14. The van der Waals surface area contributed by atoms with E-state index in [-0.39, 0.29) is 17.4 Å². The van der Waals surface area contributed by atoms with E-state index in [0.717, 1.165) is 6.42 Å². The predicted octanol–water partition coefficient (Wildman–Crippen LogP) is 0.836. The van der Waals surface area contributed by atoms with Crippen molar-refractivity contribution in [2.75, 3.05) is 26.8 Å². The lowest BCUT2D eigenvalue weighted by molar-refractivity contribution is 0.157. The van der Waals surface area contributed by atoms with E-state index in [1.54, 1.807) is 31.4 Å². The Labute approximate surface area is 113 Å². The molecule has 1 heterocycles. The molecule has 0 saturated carbocycles. The molecule has 0 aromatic heterocycles. The van der Waals surface area contributed by atoms with E-state index in [1.165, 1.54) is 4.31 Å².